The molecule has 0 aliphatic heterocycles. The van der Waals surface area contributed by atoms with E-state index in [1.807, 2.05) is 0 Å². The molecule has 0 saturated carbocycles. The highest BCUT2D eigenvalue weighted by Gasteiger charge is 1.66. The van der Waals surface area contributed by atoms with Gasteiger partial charge >= 0.3 is 0 Å². The Morgan fingerprint density at radius 1 is 1.50 bits per heavy atom. The Bertz CT molecular complexity index is 10.8. The lowest BCUT2D eigenvalue weighted by Crippen LogP contribution is -1.94. The summed E-state index contributed by atoms with van der Waals surface area (Å²) in [4.78, 5) is 0. The quantitative estimate of drug-likeness (QED) is 0.280. The second kappa shape index (κ2) is 1.71. The zero-order valence-corrected chi connectivity index (χ0v) is 3.50. The first kappa shape index (κ1) is 4.41. The van der Waals surface area contributed by atoms with E-state index >= 15 is 0 Å². The summed E-state index contributed by atoms with van der Waals surface area (Å²) < 4.78 is 0. The summed E-state index contributed by atoms with van der Waals surface area (Å²) in [7, 11) is 1.17. The van der Waals surface area contributed by atoms with Crippen molar-refractivity contribution in [3.63, 3.8) is 0 Å². The average molecular weight is 75.8 g/mol. The highest BCUT2D eigenvalue weighted by atomic mass is 31.1. The molecule has 4 heteroatoms. The van der Waals surface area contributed by atoms with Gasteiger partial charge in [-0.05, 0) is 8.10 Å². The van der Waals surface area contributed by atoms with E-state index in [-0.39, 0.29) is 0 Å². The van der Waals surface area contributed by atoms with Crippen LogP contribution in [0.25, 0.3) is 0 Å². The molecule has 0 unspecified atom stereocenters. The third kappa shape index (κ3) is 28.1. The fourth-order valence-corrected chi connectivity index (χ4v) is 0. The molecule has 0 aliphatic carbocycles. The second-order valence-corrected chi connectivity index (χ2v) is 2.00. The number of nitrogens with two attached hydrogens (primary N) is 2. The van der Waals surface area contributed by atoms with Crippen LogP contribution in [0, 0.1) is 0 Å². The van der Waals surface area contributed by atoms with Gasteiger partial charge in [-0.1, -0.05) is 0 Å². The third-order valence-electron chi connectivity index (χ3n) is 0. The highest BCUT2D eigenvalue weighted by molar-refractivity contribution is 7.78. The lowest BCUT2D eigenvalue weighted by Gasteiger charge is -1.83. The molecule has 24 valence electrons. The predicted molar refractivity (Wildman–Crippen MR) is 23.8 cm³/mol. The van der Waals surface area contributed by atoms with Gasteiger partial charge in [0.25, 0.3) is 0 Å². The minimum atomic E-state index is -0.620. The minimum absolute atomic E-state index is 0.620. The molecule has 0 saturated heterocycles. The van der Waals surface area contributed by atoms with E-state index in [0.717, 1.165) is 0 Å². The van der Waals surface area contributed by atoms with Crippen LogP contribution in [-0.2, 0) is 0 Å². The van der Waals surface area contributed by atoms with Crippen LogP contribution in [0.15, 0.2) is 0 Å². The largest absolute Gasteiger partial charge is 0.306 e. The maximum atomic E-state index is 4.95. The van der Waals surface area contributed by atoms with E-state index in [9.17, 15) is 0 Å². The molecule has 0 radical (unpaired) electrons. The first-order chi connectivity index (χ1) is 1.73. The zero-order valence-electron chi connectivity index (χ0n) is 2.60. The monoisotopic (exact) mass is 76.0 g/mol. The van der Waals surface area contributed by atoms with Crippen molar-refractivity contribution in [3.8, 4) is 0 Å². The normalized spacial score (nSPS) is 8.75. The molecule has 0 aromatic carbocycles. The molecular weight excluding hydrogens is 69.8 g/mol. The Morgan fingerprint density at radius 3 is 1.50 bits per heavy atom. The van der Waals surface area contributed by atoms with E-state index in [0.29, 0.717) is 0 Å². The molecule has 0 fully saturated rings. The molecular formula is H6BN2P. The Kier molecular flexibility index (Phi) is 1.88. The van der Waals surface area contributed by atoms with Crippen molar-refractivity contribution >= 4 is 15.7 Å². The van der Waals surface area contributed by atoms with Gasteiger partial charge in [-0.25, -0.2) is 0 Å². The molecule has 4 N–H and O–H groups in total. The molecule has 0 aromatic heterocycles. The Labute approximate surface area is 27.8 Å². The van der Waals surface area contributed by atoms with Crippen LogP contribution in [-0.4, -0.2) is 7.57 Å². The van der Waals surface area contributed by atoms with E-state index in [1.54, 1.807) is 7.57 Å². The molecule has 0 heterocycles. The third-order valence-corrected chi connectivity index (χ3v) is 0. The Morgan fingerprint density at radius 2 is 1.50 bits per heavy atom. The molecule has 0 amide bonds. The molecule has 0 rings (SSSR count). The van der Waals surface area contributed by atoms with Crippen molar-refractivity contribution < 1.29 is 0 Å². The van der Waals surface area contributed by atoms with E-state index < -0.39 is 8.10 Å². The smallest absolute Gasteiger partial charge is 0.171 e. The van der Waals surface area contributed by atoms with Gasteiger partial charge < -0.3 is 11.0 Å². The molecule has 0 aromatic rings. The van der Waals surface area contributed by atoms with E-state index in [4.69, 9.17) is 11.0 Å². The van der Waals surface area contributed by atoms with Crippen molar-refractivity contribution in [2.75, 3.05) is 0 Å². The summed E-state index contributed by atoms with van der Waals surface area (Å²) in [5, 5.41) is 0. The average Bonchev–Trinajstić information content (AvgIpc) is 0.811. The van der Waals surface area contributed by atoms with Crippen molar-refractivity contribution in [3.05, 3.63) is 0 Å². The first-order valence-electron chi connectivity index (χ1n) is 0.964. The summed E-state index contributed by atoms with van der Waals surface area (Å²) in [6, 6.07) is 0. The fourth-order valence-electron chi connectivity index (χ4n) is 0. The summed E-state index contributed by atoms with van der Waals surface area (Å²) >= 11 is 0. The summed E-state index contributed by atoms with van der Waals surface area (Å²) in [6.07, 6.45) is 0. The van der Waals surface area contributed by atoms with Gasteiger partial charge in [0.1, 0.15) is 0 Å². The van der Waals surface area contributed by atoms with Gasteiger partial charge in [0.15, 0.2) is 7.57 Å². The fraction of sp³-hybridized carbons (Fsp3) is 0. The molecule has 2 nitrogen and oxygen atoms in total. The predicted octanol–water partition coefficient (Wildman–Crippen LogP) is -1.24. The lowest BCUT2D eigenvalue weighted by molar-refractivity contribution is 1.85. The highest BCUT2D eigenvalue weighted by Crippen LogP contribution is 1.96. The Hall–Kier alpha value is 0.415. The zero-order chi connectivity index (χ0) is 3.58. The summed E-state index contributed by atoms with van der Waals surface area (Å²) in [5.74, 6) is 0. The standard InChI is InChI=1S/BH6N2P/c1-4(2)3/h1-3H2. The van der Waals surface area contributed by atoms with Gasteiger partial charge in [0.05, 0.1) is 0 Å². The van der Waals surface area contributed by atoms with Crippen LogP contribution < -0.4 is 11.0 Å². The van der Waals surface area contributed by atoms with E-state index in [1.165, 1.54) is 0 Å². The number of rotatable bonds is 0. The maximum absolute atomic E-state index is 4.95. The van der Waals surface area contributed by atoms with Crippen molar-refractivity contribution in [2.45, 2.75) is 0 Å². The Balaban J connectivity index is 2.32. The summed E-state index contributed by atoms with van der Waals surface area (Å²) in [5.41, 5.74) is 9.91. The van der Waals surface area contributed by atoms with Crippen molar-refractivity contribution in [1.82, 2.24) is 0 Å². The first-order valence-corrected chi connectivity index (χ1v) is 2.89. The van der Waals surface area contributed by atoms with Crippen molar-refractivity contribution in [2.24, 2.45) is 11.0 Å². The van der Waals surface area contributed by atoms with Gasteiger partial charge in [0, 0.05) is 0 Å². The molecule has 0 atom stereocenters. The molecule has 4 heavy (non-hydrogen) atoms. The van der Waals surface area contributed by atoms with Gasteiger partial charge in [-0.3, -0.25) is 0 Å². The molecule has 0 spiro atoms. The second-order valence-electron chi connectivity index (χ2n) is 0.665. The van der Waals surface area contributed by atoms with Crippen molar-refractivity contribution in [1.29, 1.82) is 0 Å². The maximum Gasteiger partial charge on any atom is 0.171 e. The van der Waals surface area contributed by atoms with Crippen LogP contribution >= 0.6 is 8.10 Å². The van der Waals surface area contributed by atoms with Crippen LogP contribution in [0.5, 0.6) is 0 Å². The SMILES string of the molecule is BP(N)N. The molecule has 0 bridgehead atoms. The van der Waals surface area contributed by atoms with Crippen LogP contribution in [0.1, 0.15) is 0 Å². The van der Waals surface area contributed by atoms with Gasteiger partial charge in [-0.2, -0.15) is 0 Å². The van der Waals surface area contributed by atoms with Gasteiger partial charge in [-0.15, -0.1) is 0 Å². The number of hydrogen-bond acceptors (Lipinski definition) is 2. The van der Waals surface area contributed by atoms with E-state index in [2.05, 4.69) is 0 Å². The topological polar surface area (TPSA) is 52.0 Å². The van der Waals surface area contributed by atoms with Gasteiger partial charge in [0.2, 0.25) is 0 Å². The minimum Gasteiger partial charge on any atom is -0.306 e. The van der Waals surface area contributed by atoms with Crippen LogP contribution in [0.2, 0.25) is 0 Å². The lowest BCUT2D eigenvalue weighted by atomic mass is 10.8. The summed E-state index contributed by atoms with van der Waals surface area (Å²) in [6.45, 7) is 0. The number of hydrogen-bond donors (Lipinski definition) is 2. The van der Waals surface area contributed by atoms with Crippen LogP contribution in [0.3, 0.4) is 0 Å². The van der Waals surface area contributed by atoms with Crippen LogP contribution in [0.4, 0.5) is 0 Å². The molecule has 0 aliphatic rings.